The van der Waals surface area contributed by atoms with Gasteiger partial charge in [-0.25, -0.2) is 0 Å². The molecule has 0 saturated carbocycles. The molecule has 0 amide bonds. The first-order valence-electron chi connectivity index (χ1n) is 4.06. The van der Waals surface area contributed by atoms with Crippen LogP contribution >= 0.6 is 0 Å². The summed E-state index contributed by atoms with van der Waals surface area (Å²) in [5, 5.41) is 3.91. The molecule has 3 nitrogen and oxygen atoms in total. The normalized spacial score (nSPS) is 11.1. The van der Waals surface area contributed by atoms with Crippen LogP contribution in [-0.2, 0) is 19.4 Å². The van der Waals surface area contributed by atoms with Crippen LogP contribution in [0.15, 0.2) is 28.9 Å². The molecular formula is C10H13N3W. The first-order chi connectivity index (χ1) is 6.57. The van der Waals surface area contributed by atoms with Crippen LogP contribution in [-0.4, -0.2) is 16.8 Å². The number of allylic oxidation sites excluding steroid dienone is 2. The van der Waals surface area contributed by atoms with E-state index in [2.05, 4.69) is 22.0 Å². The maximum absolute atomic E-state index is 6.55. The topological polar surface area (TPSA) is 28.8 Å². The fourth-order valence-corrected chi connectivity index (χ4v) is 1.11. The minimum absolute atomic E-state index is 0.318. The standard InChI is InChI=1S/C10H13N3.W/c1-9(2)7-10(3)8-13-12-6-5-11-4;/h6-7,13H,1,5H2,2-3H3;/b10-7?,12-6-;. The first kappa shape index (κ1) is 13.0. The first-order valence-corrected chi connectivity index (χ1v) is 5.53. The van der Waals surface area contributed by atoms with Gasteiger partial charge < -0.3 is 0 Å². The molecule has 0 aliphatic carbocycles. The number of hydrogen-bond acceptors (Lipinski definition) is 2. The molecule has 1 N–H and O–H groups in total. The molecule has 0 bridgehead atoms. The Morgan fingerprint density at radius 1 is 1.64 bits per heavy atom. The molecule has 0 radical (unpaired) electrons. The van der Waals surface area contributed by atoms with Crippen LogP contribution in [0.5, 0.6) is 0 Å². The Morgan fingerprint density at radius 2 is 2.29 bits per heavy atom. The predicted octanol–water partition coefficient (Wildman–Crippen LogP) is 1.68. The van der Waals surface area contributed by atoms with Crippen LogP contribution < -0.4 is 5.43 Å². The second-order valence-corrected chi connectivity index (χ2v) is 4.23. The van der Waals surface area contributed by atoms with Crippen LogP contribution in [0.4, 0.5) is 0 Å². The Morgan fingerprint density at radius 3 is 2.79 bits per heavy atom. The summed E-state index contributed by atoms with van der Waals surface area (Å²) in [5.74, 6) is 0. The Kier molecular flexibility index (Phi) is 6.88. The molecule has 0 heterocycles. The molecule has 0 saturated heterocycles. The molecule has 4 heteroatoms. The number of nitrogens with zero attached hydrogens (tertiary/aromatic N) is 2. The van der Waals surface area contributed by atoms with E-state index in [1.54, 1.807) is 6.21 Å². The Hall–Kier alpha value is -1.00. The predicted molar refractivity (Wildman–Crippen MR) is 56.7 cm³/mol. The third-order valence-corrected chi connectivity index (χ3v) is 2.74. The van der Waals surface area contributed by atoms with E-state index in [4.69, 9.17) is 6.57 Å². The van der Waals surface area contributed by atoms with E-state index in [0.29, 0.717) is 6.54 Å². The minimum atomic E-state index is 0.318. The van der Waals surface area contributed by atoms with Gasteiger partial charge in [-0.15, -0.1) is 0 Å². The van der Waals surface area contributed by atoms with Gasteiger partial charge in [-0.3, -0.25) is 0 Å². The molecule has 74 valence electrons. The molecule has 0 fully saturated rings. The van der Waals surface area contributed by atoms with Crippen molar-refractivity contribution < 1.29 is 19.4 Å². The summed E-state index contributed by atoms with van der Waals surface area (Å²) in [6, 6.07) is 0. The Bertz CT molecular complexity index is 321. The summed E-state index contributed by atoms with van der Waals surface area (Å²) in [4.78, 5) is 3.16. The van der Waals surface area contributed by atoms with Crippen molar-refractivity contribution in [3.05, 3.63) is 35.2 Å². The second-order valence-electron chi connectivity index (χ2n) is 2.77. The molecule has 0 rings (SSSR count). The molecule has 0 atom stereocenters. The maximum atomic E-state index is 6.55. The fraction of sp³-hybridized carbons (Fsp3) is 0.300. The molecule has 0 spiro atoms. The van der Waals surface area contributed by atoms with Crippen LogP contribution in [0, 0.1) is 6.57 Å². The van der Waals surface area contributed by atoms with E-state index < -0.39 is 0 Å². The molecule has 0 unspecified atom stereocenters. The van der Waals surface area contributed by atoms with Crippen LogP contribution in [0.25, 0.3) is 4.85 Å². The van der Waals surface area contributed by atoms with Gasteiger partial charge in [-0.2, -0.15) is 0 Å². The zero-order valence-electron chi connectivity index (χ0n) is 8.37. The number of rotatable bonds is 5. The number of hydrogen-bond donors (Lipinski definition) is 1. The molecule has 14 heavy (non-hydrogen) atoms. The average Bonchev–Trinajstić information content (AvgIpc) is 2.11. The molecule has 0 aliphatic heterocycles. The SMILES string of the molecule is [C-]#[N+]C/C=N\N[C](=[W])C(C)=CC(=C)C. The van der Waals surface area contributed by atoms with Crippen molar-refractivity contribution in [1.29, 1.82) is 0 Å². The van der Waals surface area contributed by atoms with Gasteiger partial charge in [-0.1, -0.05) is 0 Å². The summed E-state index contributed by atoms with van der Waals surface area (Å²) in [6.45, 7) is 14.6. The van der Waals surface area contributed by atoms with Crippen molar-refractivity contribution in [2.45, 2.75) is 13.8 Å². The second kappa shape index (κ2) is 7.41. The number of hydrazone groups is 1. The van der Waals surface area contributed by atoms with Crippen molar-refractivity contribution in [3.63, 3.8) is 0 Å². The van der Waals surface area contributed by atoms with Gasteiger partial charge in [0.25, 0.3) is 0 Å². The monoisotopic (exact) mass is 359 g/mol. The van der Waals surface area contributed by atoms with Gasteiger partial charge in [0.2, 0.25) is 0 Å². The van der Waals surface area contributed by atoms with Gasteiger partial charge in [0, 0.05) is 0 Å². The van der Waals surface area contributed by atoms with Gasteiger partial charge in [-0.05, 0) is 0 Å². The van der Waals surface area contributed by atoms with E-state index in [1.165, 1.54) is 19.4 Å². The van der Waals surface area contributed by atoms with Gasteiger partial charge in [0.05, 0.1) is 0 Å². The summed E-state index contributed by atoms with van der Waals surface area (Å²) < 4.78 is 1.05. The summed E-state index contributed by atoms with van der Waals surface area (Å²) in [7, 11) is 0. The molecule has 0 aliphatic rings. The fourth-order valence-electron chi connectivity index (χ4n) is 0.709. The number of nitrogens with one attached hydrogen (secondary N) is 1. The van der Waals surface area contributed by atoms with E-state index in [-0.39, 0.29) is 0 Å². The summed E-state index contributed by atoms with van der Waals surface area (Å²) in [6.07, 6.45) is 3.56. The van der Waals surface area contributed by atoms with Crippen LogP contribution in [0.1, 0.15) is 13.8 Å². The zero-order chi connectivity index (χ0) is 11.0. The summed E-state index contributed by atoms with van der Waals surface area (Å²) in [5.41, 5.74) is 5.05. The molecular weight excluding hydrogens is 346 g/mol. The van der Waals surface area contributed by atoms with E-state index >= 15 is 0 Å². The van der Waals surface area contributed by atoms with E-state index in [9.17, 15) is 0 Å². The van der Waals surface area contributed by atoms with E-state index in [1.807, 2.05) is 19.9 Å². The Labute approximate surface area is 95.8 Å². The molecule has 0 aromatic heterocycles. The van der Waals surface area contributed by atoms with Crippen LogP contribution in [0.3, 0.4) is 0 Å². The van der Waals surface area contributed by atoms with Crippen molar-refractivity contribution in [1.82, 2.24) is 5.43 Å². The van der Waals surface area contributed by atoms with Crippen LogP contribution in [0.2, 0.25) is 0 Å². The van der Waals surface area contributed by atoms with E-state index in [0.717, 1.165) is 15.2 Å². The van der Waals surface area contributed by atoms with Crippen molar-refractivity contribution in [2.75, 3.05) is 6.54 Å². The van der Waals surface area contributed by atoms with Gasteiger partial charge in [0.1, 0.15) is 0 Å². The summed E-state index contributed by atoms with van der Waals surface area (Å²) >= 11 is 1.31. The Balaban J connectivity index is 4.10. The van der Waals surface area contributed by atoms with Crippen molar-refractivity contribution in [2.24, 2.45) is 5.10 Å². The van der Waals surface area contributed by atoms with Gasteiger partial charge >= 0.3 is 95.7 Å². The zero-order valence-corrected chi connectivity index (χ0v) is 11.3. The third kappa shape index (κ3) is 6.51. The van der Waals surface area contributed by atoms with Crippen molar-refractivity contribution in [3.8, 4) is 0 Å². The van der Waals surface area contributed by atoms with Gasteiger partial charge in [0.15, 0.2) is 0 Å². The third-order valence-electron chi connectivity index (χ3n) is 1.25. The quantitative estimate of drug-likeness (QED) is 0.344. The van der Waals surface area contributed by atoms with Crippen molar-refractivity contribution >= 4 is 10.2 Å². The molecule has 0 aromatic carbocycles. The molecule has 0 aromatic rings. The average molecular weight is 359 g/mol.